The number of nitrogens with zero attached hydrogens (tertiary/aromatic N) is 4. The number of hydrogen-bond donors (Lipinski definition) is 1. The Hall–Kier alpha value is -3.42. The first-order valence-corrected chi connectivity index (χ1v) is 7.54. The summed E-state index contributed by atoms with van der Waals surface area (Å²) in [5.41, 5.74) is 2.34. The summed E-state index contributed by atoms with van der Waals surface area (Å²) in [6.07, 6.45) is 1.74. The molecule has 128 valence electrons. The second-order valence-electron chi connectivity index (χ2n) is 5.22. The van der Waals surface area contributed by atoms with Crippen molar-refractivity contribution < 1.29 is 14.3 Å². The van der Waals surface area contributed by atoms with E-state index in [1.165, 1.54) is 11.0 Å². The maximum atomic E-state index is 12.2. The van der Waals surface area contributed by atoms with Crippen LogP contribution in [0.15, 0.2) is 48.8 Å². The van der Waals surface area contributed by atoms with E-state index < -0.39 is 0 Å². The number of aromatic nitrogens is 4. The Labute approximate surface area is 144 Å². The molecule has 0 saturated heterocycles. The normalized spacial score (nSPS) is 10.3. The highest BCUT2D eigenvalue weighted by molar-refractivity contribution is 5.92. The van der Waals surface area contributed by atoms with Crippen molar-refractivity contribution in [1.29, 1.82) is 0 Å². The van der Waals surface area contributed by atoms with E-state index in [9.17, 15) is 4.79 Å². The number of amides is 1. The zero-order valence-electron chi connectivity index (χ0n) is 13.8. The molecule has 8 nitrogen and oxygen atoms in total. The van der Waals surface area contributed by atoms with Crippen LogP contribution < -0.4 is 14.8 Å². The summed E-state index contributed by atoms with van der Waals surface area (Å²) in [6, 6.07) is 12.6. The van der Waals surface area contributed by atoms with Crippen molar-refractivity contribution in [2.24, 2.45) is 0 Å². The number of carbonyl (C=O) groups excluding carboxylic acids is 1. The van der Waals surface area contributed by atoms with Crippen molar-refractivity contribution >= 4 is 11.6 Å². The van der Waals surface area contributed by atoms with E-state index in [0.717, 1.165) is 11.3 Å². The highest BCUT2D eigenvalue weighted by atomic mass is 16.5. The molecule has 1 amide bonds. The van der Waals surface area contributed by atoms with Gasteiger partial charge >= 0.3 is 0 Å². The lowest BCUT2D eigenvalue weighted by atomic mass is 10.1. The van der Waals surface area contributed by atoms with Gasteiger partial charge in [-0.2, -0.15) is 0 Å². The lowest BCUT2D eigenvalue weighted by Crippen LogP contribution is -2.14. The van der Waals surface area contributed by atoms with Crippen LogP contribution in [0.25, 0.3) is 5.69 Å². The fourth-order valence-corrected chi connectivity index (χ4v) is 2.36. The van der Waals surface area contributed by atoms with Crippen molar-refractivity contribution in [2.75, 3.05) is 19.5 Å². The molecule has 3 aromatic rings. The maximum Gasteiger partial charge on any atom is 0.228 e. The van der Waals surface area contributed by atoms with Crippen molar-refractivity contribution in [2.45, 2.75) is 6.42 Å². The van der Waals surface area contributed by atoms with Crippen molar-refractivity contribution in [1.82, 2.24) is 20.2 Å². The molecule has 0 fully saturated rings. The summed E-state index contributed by atoms with van der Waals surface area (Å²) < 4.78 is 12.0. The largest absolute Gasteiger partial charge is 0.493 e. The van der Waals surface area contributed by atoms with E-state index in [2.05, 4.69) is 20.8 Å². The van der Waals surface area contributed by atoms with Crippen LogP contribution in [0.4, 0.5) is 5.69 Å². The number of benzene rings is 2. The quantitative estimate of drug-likeness (QED) is 0.737. The molecule has 0 saturated carbocycles. The zero-order valence-corrected chi connectivity index (χ0v) is 13.8. The van der Waals surface area contributed by atoms with Gasteiger partial charge in [-0.1, -0.05) is 6.07 Å². The number of anilines is 1. The van der Waals surface area contributed by atoms with Gasteiger partial charge in [-0.25, -0.2) is 4.68 Å². The highest BCUT2D eigenvalue weighted by Crippen LogP contribution is 2.27. The molecule has 25 heavy (non-hydrogen) atoms. The Morgan fingerprint density at radius 2 is 1.84 bits per heavy atom. The van der Waals surface area contributed by atoms with Crippen LogP contribution in [-0.2, 0) is 11.2 Å². The van der Waals surface area contributed by atoms with Crippen molar-refractivity contribution in [3.8, 4) is 17.2 Å². The van der Waals surface area contributed by atoms with E-state index >= 15 is 0 Å². The maximum absolute atomic E-state index is 12.2. The van der Waals surface area contributed by atoms with Gasteiger partial charge < -0.3 is 14.8 Å². The lowest BCUT2D eigenvalue weighted by Gasteiger charge is -2.10. The molecule has 0 bridgehead atoms. The second-order valence-corrected chi connectivity index (χ2v) is 5.22. The summed E-state index contributed by atoms with van der Waals surface area (Å²) in [5, 5.41) is 13.8. The number of methoxy groups -OCH3 is 2. The summed E-state index contributed by atoms with van der Waals surface area (Å²) in [6.45, 7) is 0. The first-order chi connectivity index (χ1) is 12.2. The van der Waals surface area contributed by atoms with Crippen LogP contribution >= 0.6 is 0 Å². The van der Waals surface area contributed by atoms with E-state index in [0.29, 0.717) is 17.2 Å². The van der Waals surface area contributed by atoms with Crippen LogP contribution in [0.1, 0.15) is 5.56 Å². The molecule has 1 aromatic heterocycles. The highest BCUT2D eigenvalue weighted by Gasteiger charge is 2.09. The Bertz CT molecular complexity index is 847. The first-order valence-electron chi connectivity index (χ1n) is 7.54. The smallest absolute Gasteiger partial charge is 0.228 e. The lowest BCUT2D eigenvalue weighted by molar-refractivity contribution is -0.115. The molecule has 8 heteroatoms. The van der Waals surface area contributed by atoms with Gasteiger partial charge in [0.1, 0.15) is 6.33 Å². The molecule has 0 spiro atoms. The Balaban J connectivity index is 1.64. The molecule has 2 aromatic carbocycles. The van der Waals surface area contributed by atoms with Crippen LogP contribution in [0, 0.1) is 0 Å². The molecule has 1 N–H and O–H groups in total. The standard InChI is InChI=1S/C17H17N5O3/c1-24-15-8-3-12(9-16(15)25-2)10-17(23)19-13-4-6-14(7-5-13)22-11-18-20-21-22/h3-9,11H,10H2,1-2H3,(H,19,23). The van der Waals surface area contributed by atoms with Gasteiger partial charge in [0.15, 0.2) is 11.5 Å². The monoisotopic (exact) mass is 339 g/mol. The molecule has 3 rings (SSSR count). The van der Waals surface area contributed by atoms with Gasteiger partial charge in [-0.15, -0.1) is 5.10 Å². The summed E-state index contributed by atoms with van der Waals surface area (Å²) in [5.74, 6) is 1.10. The second kappa shape index (κ2) is 7.43. The number of nitrogens with one attached hydrogen (secondary N) is 1. The third kappa shape index (κ3) is 3.92. The minimum atomic E-state index is -0.123. The Kier molecular flexibility index (Phi) is 4.89. The average molecular weight is 339 g/mol. The van der Waals surface area contributed by atoms with Crippen LogP contribution in [0.2, 0.25) is 0 Å². The molecule has 0 radical (unpaired) electrons. The minimum absolute atomic E-state index is 0.123. The molecular formula is C17H17N5O3. The SMILES string of the molecule is COc1ccc(CC(=O)Nc2ccc(-n3cnnn3)cc2)cc1OC. The van der Waals surface area contributed by atoms with Gasteiger partial charge in [-0.05, 0) is 52.4 Å². The number of rotatable bonds is 6. The molecule has 0 unspecified atom stereocenters. The first kappa shape index (κ1) is 16.4. The summed E-state index contributed by atoms with van der Waals surface area (Å²) in [4.78, 5) is 12.2. The van der Waals surface area contributed by atoms with E-state index in [4.69, 9.17) is 9.47 Å². The van der Waals surface area contributed by atoms with Crippen LogP contribution in [-0.4, -0.2) is 40.3 Å². The number of hydrogen-bond acceptors (Lipinski definition) is 6. The van der Waals surface area contributed by atoms with E-state index in [1.807, 2.05) is 18.2 Å². The third-order valence-electron chi connectivity index (χ3n) is 3.58. The Morgan fingerprint density at radius 3 is 2.48 bits per heavy atom. The van der Waals surface area contributed by atoms with Crippen molar-refractivity contribution in [3.05, 3.63) is 54.4 Å². The van der Waals surface area contributed by atoms with E-state index in [1.54, 1.807) is 38.5 Å². The predicted octanol–water partition coefficient (Wildman–Crippen LogP) is 1.86. The Morgan fingerprint density at radius 1 is 1.08 bits per heavy atom. The summed E-state index contributed by atoms with van der Waals surface area (Å²) >= 11 is 0. The fourth-order valence-electron chi connectivity index (χ4n) is 2.36. The van der Waals surface area contributed by atoms with Gasteiger partial charge in [0.05, 0.1) is 26.3 Å². The third-order valence-corrected chi connectivity index (χ3v) is 3.58. The number of carbonyl (C=O) groups is 1. The molecule has 1 heterocycles. The van der Waals surface area contributed by atoms with Gasteiger partial charge in [-0.3, -0.25) is 4.79 Å². The molecular weight excluding hydrogens is 322 g/mol. The van der Waals surface area contributed by atoms with Crippen molar-refractivity contribution in [3.63, 3.8) is 0 Å². The van der Waals surface area contributed by atoms with Gasteiger partial charge in [0, 0.05) is 5.69 Å². The predicted molar refractivity (Wildman–Crippen MR) is 91.0 cm³/mol. The molecule has 0 aliphatic rings. The van der Waals surface area contributed by atoms with Crippen LogP contribution in [0.3, 0.4) is 0 Å². The summed E-state index contributed by atoms with van der Waals surface area (Å²) in [7, 11) is 3.14. The fraction of sp³-hybridized carbons (Fsp3) is 0.176. The zero-order chi connectivity index (χ0) is 17.6. The van der Waals surface area contributed by atoms with E-state index in [-0.39, 0.29) is 12.3 Å². The number of tetrazole rings is 1. The average Bonchev–Trinajstić information content (AvgIpc) is 3.17. The van der Waals surface area contributed by atoms with Gasteiger partial charge in [0.25, 0.3) is 0 Å². The minimum Gasteiger partial charge on any atom is -0.493 e. The van der Waals surface area contributed by atoms with Crippen LogP contribution in [0.5, 0.6) is 11.5 Å². The van der Waals surface area contributed by atoms with Gasteiger partial charge in [0.2, 0.25) is 5.91 Å². The molecule has 0 atom stereocenters. The molecule has 0 aliphatic heterocycles. The molecule has 0 aliphatic carbocycles. The number of ether oxygens (including phenoxy) is 2. The topological polar surface area (TPSA) is 91.2 Å².